The summed E-state index contributed by atoms with van der Waals surface area (Å²) in [5.74, 6) is 2.49. The normalized spacial score (nSPS) is 10.8. The van der Waals surface area contributed by atoms with Gasteiger partial charge >= 0.3 is 0 Å². The molecule has 4 aromatic heterocycles. The zero-order valence-corrected chi connectivity index (χ0v) is 18.3. The lowest BCUT2D eigenvalue weighted by Gasteiger charge is -2.02. The number of aromatic amines is 2. The Bertz CT molecular complexity index is 1610. The van der Waals surface area contributed by atoms with Crippen LogP contribution in [0.3, 0.4) is 0 Å². The zero-order chi connectivity index (χ0) is 23.7. The van der Waals surface area contributed by atoms with E-state index >= 15 is 0 Å². The van der Waals surface area contributed by atoms with Crippen molar-refractivity contribution in [2.24, 2.45) is 7.05 Å². The van der Waals surface area contributed by atoms with E-state index in [4.69, 9.17) is 18.0 Å². The van der Waals surface area contributed by atoms with Crippen LogP contribution in [-0.4, -0.2) is 39.5 Å². The van der Waals surface area contributed by atoms with Gasteiger partial charge in [0, 0.05) is 7.05 Å². The van der Waals surface area contributed by atoms with E-state index in [9.17, 15) is 0 Å². The van der Waals surface area contributed by atoms with Crippen LogP contribution in [0.4, 0.5) is 11.6 Å². The fourth-order valence-corrected chi connectivity index (χ4v) is 3.68. The average Bonchev–Trinajstić information content (AvgIpc) is 3.61. The molecule has 0 unspecified atom stereocenters. The van der Waals surface area contributed by atoms with Gasteiger partial charge in [-0.05, 0) is 24.3 Å². The Kier molecular flexibility index (Phi) is 5.15. The third-order valence-electron chi connectivity index (χ3n) is 5.41. The van der Waals surface area contributed by atoms with Crippen LogP contribution in [0.25, 0.3) is 49.7 Å². The molecule has 0 amide bonds. The maximum absolute atomic E-state index is 7.10. The molecule has 0 saturated heterocycles. The predicted octanol–water partition coefficient (Wildman–Crippen LogP) is 3.43. The quantitative estimate of drug-likeness (QED) is 0.303. The van der Waals surface area contributed by atoms with E-state index in [-0.39, 0.29) is 6.67 Å². The molecule has 34 heavy (non-hydrogen) atoms. The Morgan fingerprint density at radius 2 is 1.74 bits per heavy atom. The smallest absolute Gasteiger partial charge is 0.294 e. The van der Waals surface area contributed by atoms with Crippen LogP contribution in [0.2, 0.25) is 0 Å². The van der Waals surface area contributed by atoms with Crippen LogP contribution in [0.1, 0.15) is 0 Å². The van der Waals surface area contributed by atoms with Gasteiger partial charge in [-0.25, -0.2) is 16.5 Å². The second kappa shape index (κ2) is 8.44. The van der Waals surface area contributed by atoms with Crippen LogP contribution in [0.5, 0.6) is 0 Å². The molecule has 0 aliphatic heterocycles. The fourth-order valence-electron chi connectivity index (χ4n) is 3.68. The molecule has 11 nitrogen and oxygen atoms in total. The number of hydrogen-bond acceptors (Lipinski definition) is 6. The van der Waals surface area contributed by atoms with E-state index in [1.807, 2.05) is 53.1 Å². The maximum Gasteiger partial charge on any atom is 0.294 e. The average molecular weight is 451 g/mol. The minimum atomic E-state index is 0.212. The first-order valence-corrected chi connectivity index (χ1v) is 10.4. The van der Waals surface area contributed by atoms with Gasteiger partial charge in [-0.3, -0.25) is 19.2 Å². The SMILES string of the molecule is Nc1[nH]ncc1-c1nc2ccccc2[nH]1.[C-]#[N+]Cn1c(-c2cnn(C)c2N)nc2ccccc21. The number of aryl methyl sites for hydroxylation is 1. The summed E-state index contributed by atoms with van der Waals surface area (Å²) >= 11 is 0. The largest absolute Gasteiger partial charge is 0.383 e. The third-order valence-corrected chi connectivity index (χ3v) is 5.41. The number of imidazole rings is 2. The Morgan fingerprint density at radius 3 is 2.41 bits per heavy atom. The molecule has 6 aromatic rings. The highest BCUT2D eigenvalue weighted by Gasteiger charge is 2.18. The van der Waals surface area contributed by atoms with Gasteiger partial charge in [0.05, 0.1) is 45.6 Å². The van der Waals surface area contributed by atoms with Gasteiger partial charge in [-0.15, -0.1) is 0 Å². The Labute approximate surface area is 193 Å². The number of nitrogens with two attached hydrogens (primary N) is 2. The van der Waals surface area contributed by atoms with Crippen molar-refractivity contribution < 1.29 is 0 Å². The van der Waals surface area contributed by atoms with Crippen molar-refractivity contribution in [3.8, 4) is 22.8 Å². The molecule has 0 aliphatic rings. The topological polar surface area (TPSA) is 149 Å². The molecule has 0 atom stereocenters. The molecule has 0 aliphatic carbocycles. The van der Waals surface area contributed by atoms with Crippen LogP contribution in [0, 0.1) is 6.57 Å². The number of anilines is 2. The summed E-state index contributed by atoms with van der Waals surface area (Å²) in [5.41, 5.74) is 17.0. The van der Waals surface area contributed by atoms with Gasteiger partial charge in [0.25, 0.3) is 6.67 Å². The lowest BCUT2D eigenvalue weighted by molar-refractivity contribution is 0.779. The van der Waals surface area contributed by atoms with Crippen molar-refractivity contribution in [3.63, 3.8) is 0 Å². The molecule has 168 valence electrons. The molecule has 0 bridgehead atoms. The molecule has 0 spiro atoms. The monoisotopic (exact) mass is 451 g/mol. The lowest BCUT2D eigenvalue weighted by atomic mass is 10.3. The summed E-state index contributed by atoms with van der Waals surface area (Å²) in [6, 6.07) is 15.6. The van der Waals surface area contributed by atoms with Crippen LogP contribution in [-0.2, 0) is 13.7 Å². The summed E-state index contributed by atoms with van der Waals surface area (Å²) in [6.45, 7) is 7.31. The van der Waals surface area contributed by atoms with Gasteiger partial charge in [0.15, 0.2) is 5.82 Å². The Balaban J connectivity index is 0.000000145. The summed E-state index contributed by atoms with van der Waals surface area (Å²) in [6.07, 6.45) is 3.34. The van der Waals surface area contributed by atoms with Gasteiger partial charge in [0.1, 0.15) is 17.5 Å². The predicted molar refractivity (Wildman–Crippen MR) is 131 cm³/mol. The first-order chi connectivity index (χ1) is 16.6. The number of nitrogens with zero attached hydrogens (tertiary/aromatic N) is 7. The van der Waals surface area contributed by atoms with E-state index in [1.54, 1.807) is 24.1 Å². The van der Waals surface area contributed by atoms with E-state index in [1.165, 1.54) is 0 Å². The summed E-state index contributed by atoms with van der Waals surface area (Å²) in [4.78, 5) is 15.6. The molecule has 11 heteroatoms. The Hall–Kier alpha value is -5.11. The summed E-state index contributed by atoms with van der Waals surface area (Å²) in [5, 5.41) is 10.7. The number of aromatic nitrogens is 8. The molecule has 2 aromatic carbocycles. The highest BCUT2D eigenvalue weighted by Crippen LogP contribution is 2.28. The van der Waals surface area contributed by atoms with Gasteiger partial charge in [-0.2, -0.15) is 10.2 Å². The van der Waals surface area contributed by atoms with Crippen LogP contribution < -0.4 is 11.5 Å². The van der Waals surface area contributed by atoms with Crippen LogP contribution >= 0.6 is 0 Å². The van der Waals surface area contributed by atoms with E-state index in [2.05, 4.69) is 35.1 Å². The number of benzene rings is 2. The van der Waals surface area contributed by atoms with Crippen LogP contribution in [0.15, 0.2) is 60.9 Å². The minimum absolute atomic E-state index is 0.212. The van der Waals surface area contributed by atoms with Gasteiger partial charge < -0.3 is 16.5 Å². The summed E-state index contributed by atoms with van der Waals surface area (Å²) in [7, 11) is 1.78. The number of rotatable bonds is 3. The zero-order valence-electron chi connectivity index (χ0n) is 18.3. The first-order valence-electron chi connectivity index (χ1n) is 10.4. The molecule has 6 N–H and O–H groups in total. The van der Waals surface area contributed by atoms with Crippen molar-refractivity contribution in [2.75, 3.05) is 11.5 Å². The molecular formula is C23H21N11. The molecule has 0 fully saturated rings. The van der Waals surface area contributed by atoms with Crippen molar-refractivity contribution in [1.29, 1.82) is 0 Å². The summed E-state index contributed by atoms with van der Waals surface area (Å²) < 4.78 is 3.45. The van der Waals surface area contributed by atoms with Crippen molar-refractivity contribution in [3.05, 3.63) is 72.3 Å². The number of nitrogens with one attached hydrogen (secondary N) is 2. The van der Waals surface area contributed by atoms with Crippen molar-refractivity contribution in [1.82, 2.24) is 39.5 Å². The fraction of sp³-hybridized carbons (Fsp3) is 0.0870. The second-order valence-corrected chi connectivity index (χ2v) is 7.52. The number of H-pyrrole nitrogens is 2. The Morgan fingerprint density at radius 1 is 0.971 bits per heavy atom. The van der Waals surface area contributed by atoms with Gasteiger partial charge in [-0.1, -0.05) is 24.3 Å². The molecule has 6 rings (SSSR count). The number of fused-ring (bicyclic) bond motifs is 2. The second-order valence-electron chi connectivity index (χ2n) is 7.52. The van der Waals surface area contributed by atoms with E-state index in [0.717, 1.165) is 39.0 Å². The molecular weight excluding hydrogens is 430 g/mol. The standard InChI is InChI=1S/C13H12N6.C10H9N5/c1-15-8-19-11-6-4-3-5-10(11)17-13(19)9-7-16-18(2)12(9)14;11-9-6(5-12-15-9)10-13-7-3-1-2-4-8(7)14-10/h3-7H,8,14H2,2H3;1-5H,(H,13,14)(H3,11,12,15). The number of para-hydroxylation sites is 4. The van der Waals surface area contributed by atoms with Crippen molar-refractivity contribution in [2.45, 2.75) is 6.67 Å². The van der Waals surface area contributed by atoms with Gasteiger partial charge in [0.2, 0.25) is 0 Å². The third kappa shape index (κ3) is 3.59. The lowest BCUT2D eigenvalue weighted by Crippen LogP contribution is -2.01. The van der Waals surface area contributed by atoms with E-state index in [0.29, 0.717) is 17.5 Å². The minimum Gasteiger partial charge on any atom is -0.383 e. The first kappa shape index (κ1) is 20.8. The van der Waals surface area contributed by atoms with Crippen molar-refractivity contribution >= 4 is 33.7 Å². The molecule has 0 saturated carbocycles. The van der Waals surface area contributed by atoms with E-state index < -0.39 is 0 Å². The molecule has 0 radical (unpaired) electrons. The number of hydrogen-bond donors (Lipinski definition) is 4. The highest BCUT2D eigenvalue weighted by atomic mass is 15.3. The molecule has 4 heterocycles. The maximum atomic E-state index is 7.10. The number of nitrogen functional groups attached to an aromatic ring is 2. The highest BCUT2D eigenvalue weighted by molar-refractivity contribution is 5.83.